The van der Waals surface area contributed by atoms with Crippen molar-refractivity contribution in [3.8, 4) is 0 Å². The molecule has 1 aliphatic heterocycles. The van der Waals surface area contributed by atoms with E-state index in [1.807, 2.05) is 0 Å². The van der Waals surface area contributed by atoms with E-state index in [0.29, 0.717) is 11.1 Å². The van der Waals surface area contributed by atoms with Gasteiger partial charge in [0.15, 0.2) is 11.8 Å². The van der Waals surface area contributed by atoms with Crippen LogP contribution >= 0.6 is 11.6 Å². The molecule has 0 spiro atoms. The van der Waals surface area contributed by atoms with Crippen molar-refractivity contribution >= 4 is 41.0 Å². The van der Waals surface area contributed by atoms with Gasteiger partial charge < -0.3 is 10.1 Å². The highest BCUT2D eigenvalue weighted by atomic mass is 35.5. The molecule has 1 aromatic heterocycles. The van der Waals surface area contributed by atoms with Crippen molar-refractivity contribution in [1.82, 2.24) is 9.88 Å². The van der Waals surface area contributed by atoms with E-state index in [9.17, 15) is 19.2 Å². The maximum atomic E-state index is 12.4. The fourth-order valence-electron chi connectivity index (χ4n) is 2.55. The number of hydrogen-bond donors (Lipinski definition) is 1. The van der Waals surface area contributed by atoms with Crippen LogP contribution in [-0.2, 0) is 25.5 Å². The molecule has 138 valence electrons. The highest BCUT2D eigenvalue weighted by molar-refractivity contribution is 6.32. The Morgan fingerprint density at radius 2 is 1.96 bits per heavy atom. The highest BCUT2D eigenvalue weighted by Gasteiger charge is 2.32. The second-order valence-electron chi connectivity index (χ2n) is 5.67. The first-order chi connectivity index (χ1) is 13.0. The number of rotatable bonds is 5. The number of benzene rings is 1. The number of anilines is 1. The Hall–Kier alpha value is -3.26. The average Bonchev–Trinajstić information content (AvgIpc) is 2.65. The van der Waals surface area contributed by atoms with Gasteiger partial charge in [-0.05, 0) is 23.8 Å². The normalized spacial score (nSPS) is 13.1. The van der Waals surface area contributed by atoms with Crippen LogP contribution in [0.25, 0.3) is 0 Å². The van der Waals surface area contributed by atoms with Gasteiger partial charge in [-0.2, -0.15) is 0 Å². The van der Waals surface area contributed by atoms with Crippen LogP contribution in [0.15, 0.2) is 42.6 Å². The first-order valence-corrected chi connectivity index (χ1v) is 8.32. The van der Waals surface area contributed by atoms with Crippen LogP contribution in [-0.4, -0.2) is 46.7 Å². The standard InChI is InChI=1S/C18H14ClN3O5/c19-17-13(6-3-7-20-17)21-14(23)10-27-16(25)9-22-15(24)8-11-4-1-2-5-12(11)18(22)26/h1-7H,8-10H2,(H,21,23). The first-order valence-electron chi connectivity index (χ1n) is 7.94. The number of nitrogens with zero attached hydrogens (tertiary/aromatic N) is 2. The molecular formula is C18H14ClN3O5. The minimum atomic E-state index is -0.872. The Kier molecular flexibility index (Phi) is 5.46. The summed E-state index contributed by atoms with van der Waals surface area (Å²) in [5.41, 5.74) is 1.26. The Balaban J connectivity index is 1.55. The Bertz CT molecular complexity index is 931. The first kappa shape index (κ1) is 18.5. The van der Waals surface area contributed by atoms with Gasteiger partial charge >= 0.3 is 5.97 Å². The van der Waals surface area contributed by atoms with E-state index < -0.39 is 36.8 Å². The van der Waals surface area contributed by atoms with Gasteiger partial charge in [-0.15, -0.1) is 0 Å². The van der Waals surface area contributed by atoms with Crippen LogP contribution in [0.1, 0.15) is 15.9 Å². The highest BCUT2D eigenvalue weighted by Crippen LogP contribution is 2.19. The zero-order valence-corrected chi connectivity index (χ0v) is 14.7. The molecule has 0 aliphatic carbocycles. The van der Waals surface area contributed by atoms with Crippen molar-refractivity contribution in [2.45, 2.75) is 6.42 Å². The number of pyridine rings is 1. The maximum Gasteiger partial charge on any atom is 0.326 e. The van der Waals surface area contributed by atoms with Crippen molar-refractivity contribution in [2.75, 3.05) is 18.5 Å². The summed E-state index contributed by atoms with van der Waals surface area (Å²) in [6.07, 6.45) is 1.48. The molecule has 0 saturated heterocycles. The van der Waals surface area contributed by atoms with Crippen LogP contribution in [0.5, 0.6) is 0 Å². The SMILES string of the molecule is O=C(COC(=O)CN1C(=O)Cc2ccccc2C1=O)Nc1cccnc1Cl. The molecule has 0 unspecified atom stereocenters. The molecule has 0 radical (unpaired) electrons. The molecule has 2 aromatic rings. The predicted octanol–water partition coefficient (Wildman–Crippen LogP) is 1.44. The molecule has 1 aliphatic rings. The van der Waals surface area contributed by atoms with Gasteiger partial charge in [0.2, 0.25) is 5.91 Å². The summed E-state index contributed by atoms with van der Waals surface area (Å²) in [5, 5.41) is 2.54. The molecule has 0 bridgehead atoms. The van der Waals surface area contributed by atoms with Gasteiger partial charge in [-0.1, -0.05) is 29.8 Å². The molecule has 9 heteroatoms. The third kappa shape index (κ3) is 4.29. The average molecular weight is 388 g/mol. The maximum absolute atomic E-state index is 12.4. The van der Waals surface area contributed by atoms with Crippen LogP contribution in [0.4, 0.5) is 5.69 Å². The van der Waals surface area contributed by atoms with Gasteiger partial charge in [0.1, 0.15) is 6.54 Å². The van der Waals surface area contributed by atoms with E-state index in [-0.39, 0.29) is 17.3 Å². The molecule has 27 heavy (non-hydrogen) atoms. The van der Waals surface area contributed by atoms with Gasteiger partial charge in [0.05, 0.1) is 12.1 Å². The number of hydrogen-bond acceptors (Lipinski definition) is 6. The second-order valence-corrected chi connectivity index (χ2v) is 6.03. The molecule has 0 fully saturated rings. The molecular weight excluding hydrogens is 374 g/mol. The monoisotopic (exact) mass is 387 g/mol. The molecule has 2 heterocycles. The fraction of sp³-hybridized carbons (Fsp3) is 0.167. The number of ether oxygens (including phenoxy) is 1. The largest absolute Gasteiger partial charge is 0.454 e. The lowest BCUT2D eigenvalue weighted by atomic mass is 9.98. The van der Waals surface area contributed by atoms with Crippen molar-refractivity contribution in [1.29, 1.82) is 0 Å². The van der Waals surface area contributed by atoms with E-state index >= 15 is 0 Å². The minimum absolute atomic E-state index is 0.0230. The Morgan fingerprint density at radius 3 is 2.74 bits per heavy atom. The summed E-state index contributed by atoms with van der Waals surface area (Å²) in [6.45, 7) is -1.15. The fourth-order valence-corrected chi connectivity index (χ4v) is 2.71. The lowest BCUT2D eigenvalue weighted by Crippen LogP contribution is -2.45. The van der Waals surface area contributed by atoms with E-state index in [4.69, 9.17) is 16.3 Å². The van der Waals surface area contributed by atoms with E-state index in [2.05, 4.69) is 10.3 Å². The van der Waals surface area contributed by atoms with Crippen molar-refractivity contribution < 1.29 is 23.9 Å². The number of imide groups is 1. The number of halogens is 1. The number of aromatic nitrogens is 1. The number of esters is 1. The molecule has 1 N–H and O–H groups in total. The summed E-state index contributed by atoms with van der Waals surface area (Å²) in [6, 6.07) is 9.81. The zero-order valence-electron chi connectivity index (χ0n) is 14.0. The summed E-state index contributed by atoms with van der Waals surface area (Å²) in [4.78, 5) is 52.9. The molecule has 1 aromatic carbocycles. The van der Waals surface area contributed by atoms with Gasteiger partial charge in [-0.3, -0.25) is 24.1 Å². The van der Waals surface area contributed by atoms with E-state index in [1.165, 1.54) is 12.3 Å². The molecule has 8 nitrogen and oxygen atoms in total. The van der Waals surface area contributed by atoms with Crippen LogP contribution in [0.3, 0.4) is 0 Å². The summed E-state index contributed by atoms with van der Waals surface area (Å²) in [7, 11) is 0. The number of fused-ring (bicyclic) bond motifs is 1. The number of nitrogens with one attached hydrogen (secondary N) is 1. The third-order valence-electron chi connectivity index (χ3n) is 3.82. The Morgan fingerprint density at radius 1 is 1.19 bits per heavy atom. The van der Waals surface area contributed by atoms with Gasteiger partial charge in [-0.25, -0.2) is 4.98 Å². The topological polar surface area (TPSA) is 106 Å². The second kappa shape index (κ2) is 7.96. The van der Waals surface area contributed by atoms with Crippen LogP contribution in [0.2, 0.25) is 5.15 Å². The predicted molar refractivity (Wildman–Crippen MR) is 95.0 cm³/mol. The molecule has 0 atom stereocenters. The Labute approximate surface area is 159 Å². The van der Waals surface area contributed by atoms with Crippen LogP contribution in [0, 0.1) is 0 Å². The molecule has 3 amide bonds. The van der Waals surface area contributed by atoms with Crippen molar-refractivity contribution in [3.05, 3.63) is 58.9 Å². The zero-order chi connectivity index (χ0) is 19.4. The summed E-state index contributed by atoms with van der Waals surface area (Å²) < 4.78 is 4.84. The quantitative estimate of drug-likeness (QED) is 0.473. The lowest BCUT2D eigenvalue weighted by molar-refractivity contribution is -0.150. The lowest BCUT2D eigenvalue weighted by Gasteiger charge is -2.25. The minimum Gasteiger partial charge on any atom is -0.454 e. The number of carbonyl (C=O) groups is 4. The smallest absolute Gasteiger partial charge is 0.326 e. The summed E-state index contributed by atoms with van der Waals surface area (Å²) in [5.74, 6) is -2.56. The summed E-state index contributed by atoms with van der Waals surface area (Å²) >= 11 is 5.82. The third-order valence-corrected chi connectivity index (χ3v) is 4.12. The van der Waals surface area contributed by atoms with Crippen molar-refractivity contribution in [2.24, 2.45) is 0 Å². The van der Waals surface area contributed by atoms with Crippen molar-refractivity contribution in [3.63, 3.8) is 0 Å². The van der Waals surface area contributed by atoms with E-state index in [1.54, 1.807) is 30.3 Å². The molecule has 0 saturated carbocycles. The van der Waals surface area contributed by atoms with Crippen LogP contribution < -0.4 is 5.32 Å². The van der Waals surface area contributed by atoms with E-state index in [0.717, 1.165) is 4.90 Å². The molecule has 3 rings (SSSR count). The number of carbonyl (C=O) groups excluding carboxylic acids is 4. The van der Waals surface area contributed by atoms with Gasteiger partial charge in [0.25, 0.3) is 11.8 Å². The number of amides is 3. The van der Waals surface area contributed by atoms with Gasteiger partial charge in [0, 0.05) is 11.8 Å².